The van der Waals surface area contributed by atoms with Crippen molar-refractivity contribution >= 4 is 22.1 Å². The van der Waals surface area contributed by atoms with Gasteiger partial charge < -0.3 is 0 Å². The van der Waals surface area contributed by atoms with E-state index in [0.717, 1.165) is 0 Å². The van der Waals surface area contributed by atoms with E-state index in [1.54, 1.807) is 0 Å². The van der Waals surface area contributed by atoms with Crippen molar-refractivity contribution in [3.05, 3.63) is 72.8 Å². The van der Waals surface area contributed by atoms with Crippen molar-refractivity contribution in [2.24, 2.45) is 0 Å². The van der Waals surface area contributed by atoms with Gasteiger partial charge in [-0.1, -0.05) is 47.4 Å². The van der Waals surface area contributed by atoms with Gasteiger partial charge in [-0.05, 0) is 16.8 Å². The van der Waals surface area contributed by atoms with Crippen molar-refractivity contribution in [3.63, 3.8) is 0 Å². The molecule has 0 heterocycles. The van der Waals surface area contributed by atoms with Crippen molar-refractivity contribution < 1.29 is 0 Å². The highest BCUT2D eigenvalue weighted by Crippen LogP contribution is 2.26. The van der Waals surface area contributed by atoms with Crippen LogP contribution in [-0.2, 0) is 0 Å². The minimum absolute atomic E-state index is 1.20. The third kappa shape index (κ3) is 2.01. The van der Waals surface area contributed by atoms with Crippen LogP contribution in [0.4, 0.5) is 11.4 Å². The summed E-state index contributed by atoms with van der Waals surface area (Å²) in [6.45, 7) is 0. The summed E-state index contributed by atoms with van der Waals surface area (Å²) in [5, 5.41) is 2.56. The van der Waals surface area contributed by atoms with E-state index in [1.807, 2.05) is 6.07 Å². The number of para-hydroxylation sites is 1. The highest BCUT2D eigenvalue weighted by molar-refractivity contribution is 5.85. The summed E-state index contributed by atoms with van der Waals surface area (Å²) in [4.78, 5) is 2.20. The molecular weight excluding hydrogens is 218 g/mol. The summed E-state index contributed by atoms with van der Waals surface area (Å²) in [5.41, 5.74) is 2.41. The van der Waals surface area contributed by atoms with E-state index >= 15 is 0 Å². The van der Waals surface area contributed by atoms with E-state index in [1.165, 1.54) is 22.1 Å². The Morgan fingerprint density at radius 2 is 1.28 bits per heavy atom. The van der Waals surface area contributed by atoms with Gasteiger partial charge in [-0.25, -0.2) is 0 Å². The lowest BCUT2D eigenvalue weighted by Crippen LogP contribution is -2.10. The van der Waals surface area contributed by atoms with Crippen LogP contribution >= 0.6 is 0 Å². The molecule has 0 aliphatic heterocycles. The van der Waals surface area contributed by atoms with E-state index in [-0.39, 0.29) is 0 Å². The maximum absolute atomic E-state index is 2.22. The van der Waals surface area contributed by atoms with E-state index in [4.69, 9.17) is 0 Å². The Balaban J connectivity index is 2.04. The van der Waals surface area contributed by atoms with E-state index in [0.29, 0.717) is 0 Å². The first-order valence-corrected chi connectivity index (χ1v) is 6.12. The van der Waals surface area contributed by atoms with E-state index in [9.17, 15) is 0 Å². The SMILES string of the molecule is C[N+](c1ccccc1)c1ccc2ccccc2c1. The second-order valence-corrected chi connectivity index (χ2v) is 4.43. The Labute approximate surface area is 107 Å². The van der Waals surface area contributed by atoms with Gasteiger partial charge in [0, 0.05) is 24.3 Å². The number of hydrogen-bond donors (Lipinski definition) is 0. The van der Waals surface area contributed by atoms with Crippen LogP contribution in [0.25, 0.3) is 10.8 Å². The minimum atomic E-state index is 1.20. The molecule has 3 aromatic rings. The molecule has 0 aromatic heterocycles. The summed E-state index contributed by atoms with van der Waals surface area (Å²) in [7, 11) is 2.10. The third-order valence-corrected chi connectivity index (χ3v) is 3.26. The van der Waals surface area contributed by atoms with Crippen LogP contribution in [0.15, 0.2) is 72.8 Å². The topological polar surface area (TPSA) is 5.90 Å². The molecule has 0 fully saturated rings. The van der Waals surface area contributed by atoms with Gasteiger partial charge in [-0.2, -0.15) is 0 Å². The fourth-order valence-electron chi connectivity index (χ4n) is 2.19. The maximum Gasteiger partial charge on any atom is 0.186 e. The second-order valence-electron chi connectivity index (χ2n) is 4.43. The summed E-state index contributed by atoms with van der Waals surface area (Å²) in [5.74, 6) is 0. The van der Waals surface area contributed by atoms with Gasteiger partial charge in [0.25, 0.3) is 0 Å². The maximum atomic E-state index is 2.22. The van der Waals surface area contributed by atoms with Gasteiger partial charge in [0.1, 0.15) is 7.05 Å². The molecule has 3 rings (SSSR count). The smallest absolute Gasteiger partial charge is 0.0999 e. The Morgan fingerprint density at radius 3 is 2.06 bits per heavy atom. The van der Waals surface area contributed by atoms with Crippen molar-refractivity contribution in [1.82, 2.24) is 4.90 Å². The molecule has 0 saturated heterocycles. The number of hydrogen-bond acceptors (Lipinski definition) is 1. The molecule has 1 radical (unpaired) electrons. The molecule has 0 N–H and O–H groups in total. The average Bonchev–Trinajstić information content (AvgIpc) is 2.47. The fourth-order valence-corrected chi connectivity index (χ4v) is 2.19. The Kier molecular flexibility index (Phi) is 2.83. The predicted octanol–water partition coefficient (Wildman–Crippen LogP) is 4.57. The van der Waals surface area contributed by atoms with Crippen LogP contribution in [0.5, 0.6) is 0 Å². The molecule has 0 aliphatic carbocycles. The highest BCUT2D eigenvalue weighted by atomic mass is 15.1. The van der Waals surface area contributed by atoms with Gasteiger partial charge >= 0.3 is 0 Å². The number of nitrogens with zero attached hydrogens (tertiary/aromatic N) is 1. The zero-order chi connectivity index (χ0) is 12.4. The van der Waals surface area contributed by atoms with Gasteiger partial charge in [0.15, 0.2) is 11.4 Å². The zero-order valence-corrected chi connectivity index (χ0v) is 10.4. The van der Waals surface area contributed by atoms with Crippen LogP contribution in [0.3, 0.4) is 0 Å². The van der Waals surface area contributed by atoms with Crippen molar-refractivity contribution in [1.29, 1.82) is 0 Å². The average molecular weight is 233 g/mol. The molecule has 0 aliphatic rings. The van der Waals surface area contributed by atoms with Gasteiger partial charge in [0.05, 0.1) is 0 Å². The number of rotatable bonds is 2. The second kappa shape index (κ2) is 4.63. The van der Waals surface area contributed by atoms with Crippen molar-refractivity contribution in [2.45, 2.75) is 0 Å². The molecule has 0 saturated carbocycles. The molecule has 0 amide bonds. The van der Waals surface area contributed by atoms with Crippen LogP contribution in [0, 0.1) is 0 Å². The molecule has 87 valence electrons. The lowest BCUT2D eigenvalue weighted by atomic mass is 10.1. The molecule has 0 unspecified atom stereocenters. The molecule has 1 nitrogen and oxygen atoms in total. The fraction of sp³-hybridized carbons (Fsp3) is 0.0588. The van der Waals surface area contributed by atoms with Gasteiger partial charge in [-0.15, -0.1) is 0 Å². The standard InChI is InChI=1S/C17H15N/c1-18(16-9-3-2-4-10-16)17-12-11-14-7-5-6-8-15(14)13-17/h2-13H,1H3/q+1. The van der Waals surface area contributed by atoms with Crippen LogP contribution in [0.2, 0.25) is 0 Å². The molecule has 1 heteroatoms. The first-order chi connectivity index (χ1) is 8.84. The Bertz CT molecular complexity index is 659. The van der Waals surface area contributed by atoms with Crippen LogP contribution < -0.4 is 4.90 Å². The van der Waals surface area contributed by atoms with Crippen molar-refractivity contribution in [3.8, 4) is 0 Å². The minimum Gasteiger partial charge on any atom is -0.0999 e. The van der Waals surface area contributed by atoms with Gasteiger partial charge in [-0.3, -0.25) is 0 Å². The van der Waals surface area contributed by atoms with Crippen molar-refractivity contribution in [2.75, 3.05) is 7.05 Å². The molecular formula is C17H15N+. The summed E-state index contributed by atoms with van der Waals surface area (Å²) in [6.07, 6.45) is 0. The van der Waals surface area contributed by atoms with Gasteiger partial charge in [0.2, 0.25) is 0 Å². The summed E-state index contributed by atoms with van der Waals surface area (Å²) in [6, 6.07) is 25.4. The molecule has 0 atom stereocenters. The zero-order valence-electron chi connectivity index (χ0n) is 10.4. The summed E-state index contributed by atoms with van der Waals surface area (Å²) < 4.78 is 0. The van der Waals surface area contributed by atoms with Crippen LogP contribution in [0.1, 0.15) is 0 Å². The monoisotopic (exact) mass is 233 g/mol. The predicted molar refractivity (Wildman–Crippen MR) is 77.8 cm³/mol. The molecule has 3 aromatic carbocycles. The lowest BCUT2D eigenvalue weighted by Gasteiger charge is -2.06. The number of anilines is 2. The summed E-state index contributed by atoms with van der Waals surface area (Å²) >= 11 is 0. The molecule has 0 bridgehead atoms. The van der Waals surface area contributed by atoms with Crippen LogP contribution in [-0.4, -0.2) is 7.05 Å². The van der Waals surface area contributed by atoms with E-state index in [2.05, 4.69) is 78.7 Å². The quantitative estimate of drug-likeness (QED) is 0.572. The van der Waals surface area contributed by atoms with E-state index < -0.39 is 0 Å². The third-order valence-electron chi connectivity index (χ3n) is 3.26. The lowest BCUT2D eigenvalue weighted by molar-refractivity contribution is 0.846. The highest BCUT2D eigenvalue weighted by Gasteiger charge is 2.15. The molecule has 0 spiro atoms. The normalized spacial score (nSPS) is 11.0. The Morgan fingerprint density at radius 1 is 0.611 bits per heavy atom. The first kappa shape index (κ1) is 11.0. The number of benzene rings is 3. The largest absolute Gasteiger partial charge is 0.186 e. The first-order valence-electron chi connectivity index (χ1n) is 6.12. The number of fused-ring (bicyclic) bond motifs is 1. The molecule has 18 heavy (non-hydrogen) atoms. The Hall–Kier alpha value is -2.12.